The fraction of sp³-hybridized carbons (Fsp3) is 0.0833. The Kier molecular flexibility index (Phi) is 5.49. The molecule has 0 saturated carbocycles. The van der Waals surface area contributed by atoms with Crippen molar-refractivity contribution in [1.29, 1.82) is 0 Å². The third-order valence-electron chi connectivity index (χ3n) is 4.57. The predicted octanol–water partition coefficient (Wildman–Crippen LogP) is 5.96. The second kappa shape index (κ2) is 8.37. The van der Waals surface area contributed by atoms with Crippen molar-refractivity contribution in [3.63, 3.8) is 0 Å². The number of para-hydroxylation sites is 1. The lowest BCUT2D eigenvalue weighted by Crippen LogP contribution is -2.14. The first kappa shape index (κ1) is 19.0. The van der Waals surface area contributed by atoms with Crippen LogP contribution in [0.5, 0.6) is 5.75 Å². The molecule has 0 saturated heterocycles. The van der Waals surface area contributed by atoms with Gasteiger partial charge in [0.25, 0.3) is 5.91 Å². The van der Waals surface area contributed by atoms with Gasteiger partial charge in [-0.25, -0.2) is 0 Å². The van der Waals surface area contributed by atoms with E-state index < -0.39 is 0 Å². The molecule has 144 valence electrons. The maximum absolute atomic E-state index is 13.0. The molecule has 1 amide bonds. The molecule has 0 unspecified atom stereocenters. The number of anilines is 1. The van der Waals surface area contributed by atoms with E-state index >= 15 is 0 Å². The number of aromatic nitrogens is 1. The number of hydrogen-bond acceptors (Lipinski definition) is 4. The SMILES string of the molecule is COc1ccc2cc(C(=O)Nc3ccccc3Sc3ccccc3)c(C)nc2c1. The molecule has 0 aliphatic carbocycles. The number of nitrogens with zero attached hydrogens (tertiary/aromatic N) is 1. The van der Waals surface area contributed by atoms with Gasteiger partial charge in [0.05, 0.1) is 29.6 Å². The Hall–Kier alpha value is -3.31. The fourth-order valence-corrected chi connectivity index (χ4v) is 3.99. The molecule has 0 fully saturated rings. The summed E-state index contributed by atoms with van der Waals surface area (Å²) in [6, 6.07) is 25.4. The van der Waals surface area contributed by atoms with Gasteiger partial charge >= 0.3 is 0 Å². The number of nitrogens with one attached hydrogen (secondary N) is 1. The molecule has 4 nitrogen and oxygen atoms in total. The van der Waals surface area contributed by atoms with Crippen LogP contribution < -0.4 is 10.1 Å². The molecule has 5 heteroatoms. The quantitative estimate of drug-likeness (QED) is 0.449. The first-order valence-corrected chi connectivity index (χ1v) is 10.0. The van der Waals surface area contributed by atoms with Crippen LogP contribution in [0, 0.1) is 6.92 Å². The van der Waals surface area contributed by atoms with Crippen molar-refractivity contribution < 1.29 is 9.53 Å². The molecule has 4 aromatic rings. The summed E-state index contributed by atoms with van der Waals surface area (Å²) in [7, 11) is 1.63. The molecule has 4 rings (SSSR count). The zero-order valence-electron chi connectivity index (χ0n) is 16.2. The number of carbonyl (C=O) groups is 1. The summed E-state index contributed by atoms with van der Waals surface area (Å²) in [4.78, 5) is 19.7. The summed E-state index contributed by atoms with van der Waals surface area (Å²) < 4.78 is 5.26. The van der Waals surface area contributed by atoms with Crippen molar-refractivity contribution in [2.24, 2.45) is 0 Å². The lowest BCUT2D eigenvalue weighted by Gasteiger charge is -2.12. The van der Waals surface area contributed by atoms with E-state index in [4.69, 9.17) is 4.74 Å². The van der Waals surface area contributed by atoms with E-state index in [2.05, 4.69) is 22.4 Å². The number of amides is 1. The Morgan fingerprint density at radius 1 is 0.966 bits per heavy atom. The summed E-state index contributed by atoms with van der Waals surface area (Å²) in [6.45, 7) is 1.85. The molecule has 0 aliphatic rings. The molecule has 1 heterocycles. The molecule has 1 N–H and O–H groups in total. The fourth-order valence-electron chi connectivity index (χ4n) is 3.06. The van der Waals surface area contributed by atoms with Gasteiger partial charge in [-0.3, -0.25) is 9.78 Å². The van der Waals surface area contributed by atoms with Crippen molar-refractivity contribution in [1.82, 2.24) is 4.98 Å². The van der Waals surface area contributed by atoms with Crippen LogP contribution in [0.2, 0.25) is 0 Å². The first-order chi connectivity index (χ1) is 14.1. The van der Waals surface area contributed by atoms with Crippen molar-refractivity contribution in [2.75, 3.05) is 12.4 Å². The van der Waals surface area contributed by atoms with Crippen molar-refractivity contribution in [3.8, 4) is 5.75 Å². The summed E-state index contributed by atoms with van der Waals surface area (Å²) >= 11 is 1.62. The lowest BCUT2D eigenvalue weighted by atomic mass is 10.1. The van der Waals surface area contributed by atoms with Gasteiger partial charge in [0.15, 0.2) is 0 Å². The molecule has 29 heavy (non-hydrogen) atoms. The molecule has 0 bridgehead atoms. The Morgan fingerprint density at radius 3 is 2.52 bits per heavy atom. The number of rotatable bonds is 5. The van der Waals surface area contributed by atoms with E-state index in [0.717, 1.165) is 32.1 Å². The zero-order valence-corrected chi connectivity index (χ0v) is 17.0. The monoisotopic (exact) mass is 400 g/mol. The number of methoxy groups -OCH3 is 1. The van der Waals surface area contributed by atoms with Crippen LogP contribution in [0.4, 0.5) is 5.69 Å². The van der Waals surface area contributed by atoms with Crippen LogP contribution >= 0.6 is 11.8 Å². The second-order valence-corrected chi connectivity index (χ2v) is 7.66. The minimum atomic E-state index is -0.172. The molecule has 0 atom stereocenters. The summed E-state index contributed by atoms with van der Waals surface area (Å²) in [5.74, 6) is 0.572. The van der Waals surface area contributed by atoms with Crippen LogP contribution in [0.25, 0.3) is 10.9 Å². The second-order valence-electron chi connectivity index (χ2n) is 6.55. The van der Waals surface area contributed by atoms with Crippen molar-refractivity contribution in [3.05, 3.63) is 90.1 Å². The largest absolute Gasteiger partial charge is 0.497 e. The predicted molar refractivity (Wildman–Crippen MR) is 118 cm³/mol. The van der Waals surface area contributed by atoms with Crippen LogP contribution in [-0.4, -0.2) is 18.0 Å². The average molecular weight is 401 g/mol. The van der Waals surface area contributed by atoms with Gasteiger partial charge in [-0.05, 0) is 49.4 Å². The van der Waals surface area contributed by atoms with E-state index in [1.165, 1.54) is 0 Å². The van der Waals surface area contributed by atoms with Gasteiger partial charge in [0.1, 0.15) is 5.75 Å². The topological polar surface area (TPSA) is 51.2 Å². The smallest absolute Gasteiger partial charge is 0.257 e. The highest BCUT2D eigenvalue weighted by atomic mass is 32.2. The first-order valence-electron chi connectivity index (χ1n) is 9.23. The standard InChI is InChI=1S/C24H20N2O2S/c1-16-20(14-17-12-13-18(28-2)15-22(17)25-16)24(27)26-21-10-6-7-11-23(21)29-19-8-4-3-5-9-19/h3-15H,1-2H3,(H,26,27). The Bertz CT molecular complexity index is 1180. The van der Waals surface area contributed by atoms with Gasteiger partial charge in [-0.15, -0.1) is 0 Å². The highest BCUT2D eigenvalue weighted by Crippen LogP contribution is 2.33. The van der Waals surface area contributed by atoms with Crippen molar-refractivity contribution in [2.45, 2.75) is 16.7 Å². The summed E-state index contributed by atoms with van der Waals surface area (Å²) in [5, 5.41) is 3.95. The van der Waals surface area contributed by atoms with Gasteiger partial charge in [0.2, 0.25) is 0 Å². The van der Waals surface area contributed by atoms with E-state index in [1.807, 2.05) is 73.7 Å². The third-order valence-corrected chi connectivity index (χ3v) is 5.65. The highest BCUT2D eigenvalue weighted by molar-refractivity contribution is 7.99. The van der Waals surface area contributed by atoms with Crippen LogP contribution in [0.3, 0.4) is 0 Å². The molecular formula is C24H20N2O2S. The number of benzene rings is 3. The van der Waals surface area contributed by atoms with Gasteiger partial charge in [0, 0.05) is 21.2 Å². The van der Waals surface area contributed by atoms with Crippen LogP contribution in [0.1, 0.15) is 16.1 Å². The Balaban J connectivity index is 1.62. The molecule has 0 radical (unpaired) electrons. The van der Waals surface area contributed by atoms with Gasteiger partial charge in [-0.2, -0.15) is 0 Å². The van der Waals surface area contributed by atoms with Crippen LogP contribution in [0.15, 0.2) is 88.7 Å². The summed E-state index contributed by atoms with van der Waals surface area (Å²) in [6.07, 6.45) is 0. The van der Waals surface area contributed by atoms with E-state index in [1.54, 1.807) is 18.9 Å². The number of aryl methyl sites for hydroxylation is 1. The van der Waals surface area contributed by atoms with E-state index in [9.17, 15) is 4.79 Å². The molecular weight excluding hydrogens is 380 g/mol. The van der Waals surface area contributed by atoms with Gasteiger partial charge in [-0.1, -0.05) is 42.1 Å². The number of fused-ring (bicyclic) bond motifs is 1. The Labute approximate surface area is 173 Å². The number of carbonyl (C=O) groups excluding carboxylic acids is 1. The maximum atomic E-state index is 13.0. The molecule has 0 spiro atoms. The number of hydrogen-bond donors (Lipinski definition) is 1. The Morgan fingerprint density at radius 2 is 1.72 bits per heavy atom. The molecule has 3 aromatic carbocycles. The van der Waals surface area contributed by atoms with Gasteiger partial charge < -0.3 is 10.1 Å². The third kappa shape index (κ3) is 4.25. The maximum Gasteiger partial charge on any atom is 0.257 e. The number of ether oxygens (including phenoxy) is 1. The van der Waals surface area contributed by atoms with Crippen molar-refractivity contribution >= 4 is 34.3 Å². The molecule has 1 aromatic heterocycles. The highest BCUT2D eigenvalue weighted by Gasteiger charge is 2.14. The lowest BCUT2D eigenvalue weighted by molar-refractivity contribution is 0.102. The minimum Gasteiger partial charge on any atom is -0.497 e. The normalized spacial score (nSPS) is 10.7. The number of pyridine rings is 1. The summed E-state index contributed by atoms with van der Waals surface area (Å²) in [5.41, 5.74) is 2.82. The van der Waals surface area contributed by atoms with E-state index in [0.29, 0.717) is 11.3 Å². The zero-order chi connectivity index (χ0) is 20.2. The van der Waals surface area contributed by atoms with E-state index in [-0.39, 0.29) is 5.91 Å². The average Bonchev–Trinajstić information content (AvgIpc) is 2.75. The minimum absolute atomic E-state index is 0.172. The van der Waals surface area contributed by atoms with Crippen LogP contribution in [-0.2, 0) is 0 Å². The molecule has 0 aliphatic heterocycles.